The molecule has 2 rings (SSSR count). The van der Waals surface area contributed by atoms with Crippen molar-refractivity contribution in [3.05, 3.63) is 54.2 Å². The molecular formula is C19H24N2O3. The summed E-state index contributed by atoms with van der Waals surface area (Å²) in [5.74, 6) is 0. The molecule has 2 atom stereocenters. The van der Waals surface area contributed by atoms with Gasteiger partial charge in [-0.2, -0.15) is 0 Å². The number of hydrogen-bond acceptors (Lipinski definition) is 4. The van der Waals surface area contributed by atoms with Gasteiger partial charge in [0.2, 0.25) is 0 Å². The van der Waals surface area contributed by atoms with Crippen molar-refractivity contribution in [2.75, 3.05) is 13.2 Å². The number of rotatable bonds is 7. The van der Waals surface area contributed by atoms with Crippen molar-refractivity contribution in [3.63, 3.8) is 0 Å². The van der Waals surface area contributed by atoms with Gasteiger partial charge in [0.25, 0.3) is 0 Å². The van der Waals surface area contributed by atoms with Crippen LogP contribution in [-0.4, -0.2) is 42.1 Å². The Morgan fingerprint density at radius 1 is 1.50 bits per heavy atom. The van der Waals surface area contributed by atoms with E-state index in [1.165, 1.54) is 0 Å². The molecular weight excluding hydrogens is 304 g/mol. The summed E-state index contributed by atoms with van der Waals surface area (Å²) in [6, 6.07) is 7.87. The van der Waals surface area contributed by atoms with Crippen LogP contribution in [-0.2, 0) is 4.74 Å². The fraction of sp³-hybridized carbons (Fsp3) is 0.368. The highest BCUT2D eigenvalue weighted by atomic mass is 16.6. The molecule has 0 saturated carbocycles. The number of hydrogen-bond donors (Lipinski definition) is 1. The van der Waals surface area contributed by atoms with Crippen LogP contribution in [0, 0.1) is 0 Å². The van der Waals surface area contributed by atoms with Gasteiger partial charge in [-0.3, -0.25) is 4.99 Å². The summed E-state index contributed by atoms with van der Waals surface area (Å²) in [5, 5.41) is 8.96. The van der Waals surface area contributed by atoms with E-state index in [1.807, 2.05) is 31.2 Å². The van der Waals surface area contributed by atoms with Gasteiger partial charge in [0, 0.05) is 32.2 Å². The summed E-state index contributed by atoms with van der Waals surface area (Å²) in [7, 11) is 0. The summed E-state index contributed by atoms with van der Waals surface area (Å²) in [5.41, 5.74) is 2.93. The van der Waals surface area contributed by atoms with Crippen LogP contribution >= 0.6 is 0 Å². The summed E-state index contributed by atoms with van der Waals surface area (Å²) in [6.45, 7) is 9.89. The van der Waals surface area contributed by atoms with E-state index in [1.54, 1.807) is 17.2 Å². The standard InChI is InChI=1S/C19H24N2O3/c1-4-15(13-20-3)17-7-5-16(6-8-17)14(2)21-11-9-18(10-12-22)24-19(21)23/h4-8,13-14,18,22H,1,3,9-12H2,2H3/b15-13+. The highest BCUT2D eigenvalue weighted by Crippen LogP contribution is 2.27. The molecule has 1 aliphatic heterocycles. The Bertz CT molecular complexity index is 622. The molecule has 1 aromatic rings. The smallest absolute Gasteiger partial charge is 0.410 e. The Morgan fingerprint density at radius 3 is 2.75 bits per heavy atom. The van der Waals surface area contributed by atoms with E-state index < -0.39 is 0 Å². The highest BCUT2D eigenvalue weighted by molar-refractivity contribution is 5.74. The Labute approximate surface area is 143 Å². The SMILES string of the molecule is C=C/C(=C\N=C)c1ccc(C(C)N2CCC(CCO)OC2=O)cc1. The molecule has 1 N–H and O–H groups in total. The quantitative estimate of drug-likeness (QED) is 0.615. The van der Waals surface area contributed by atoms with Gasteiger partial charge in [0.15, 0.2) is 0 Å². The summed E-state index contributed by atoms with van der Waals surface area (Å²) >= 11 is 0. The highest BCUT2D eigenvalue weighted by Gasteiger charge is 2.30. The van der Waals surface area contributed by atoms with Gasteiger partial charge in [0.1, 0.15) is 6.10 Å². The first kappa shape index (κ1) is 17.9. The average Bonchev–Trinajstić information content (AvgIpc) is 2.60. The molecule has 5 heteroatoms. The van der Waals surface area contributed by atoms with Crippen LogP contribution in [0.2, 0.25) is 0 Å². The first-order chi connectivity index (χ1) is 11.6. The first-order valence-corrected chi connectivity index (χ1v) is 8.07. The zero-order valence-electron chi connectivity index (χ0n) is 14.0. The van der Waals surface area contributed by atoms with Crippen LogP contribution < -0.4 is 0 Å². The van der Waals surface area contributed by atoms with Gasteiger partial charge >= 0.3 is 6.09 Å². The molecule has 1 saturated heterocycles. The molecule has 1 aromatic carbocycles. The molecule has 24 heavy (non-hydrogen) atoms. The van der Waals surface area contributed by atoms with Crippen molar-refractivity contribution in [2.24, 2.45) is 4.99 Å². The molecule has 0 aliphatic carbocycles. The Balaban J connectivity index is 2.09. The third kappa shape index (κ3) is 4.11. The fourth-order valence-electron chi connectivity index (χ4n) is 2.82. The Hall–Kier alpha value is -2.40. The molecule has 0 radical (unpaired) electrons. The van der Waals surface area contributed by atoms with E-state index >= 15 is 0 Å². The molecule has 0 bridgehead atoms. The van der Waals surface area contributed by atoms with Crippen LogP contribution in [0.5, 0.6) is 0 Å². The van der Waals surface area contributed by atoms with Gasteiger partial charge in [0.05, 0.1) is 6.04 Å². The average molecular weight is 328 g/mol. The predicted molar refractivity (Wildman–Crippen MR) is 95.9 cm³/mol. The largest absolute Gasteiger partial charge is 0.446 e. The van der Waals surface area contributed by atoms with Crippen molar-refractivity contribution >= 4 is 18.4 Å². The molecule has 1 amide bonds. The van der Waals surface area contributed by atoms with E-state index in [4.69, 9.17) is 9.84 Å². The van der Waals surface area contributed by atoms with E-state index in [0.29, 0.717) is 13.0 Å². The minimum absolute atomic E-state index is 0.0354. The lowest BCUT2D eigenvalue weighted by Gasteiger charge is -2.35. The van der Waals surface area contributed by atoms with Gasteiger partial charge in [-0.1, -0.05) is 36.9 Å². The topological polar surface area (TPSA) is 62.1 Å². The van der Waals surface area contributed by atoms with Crippen molar-refractivity contribution in [3.8, 4) is 0 Å². The number of allylic oxidation sites excluding steroid dienone is 2. The monoisotopic (exact) mass is 328 g/mol. The number of carbonyl (C=O) groups excluding carboxylic acids is 1. The summed E-state index contributed by atoms with van der Waals surface area (Å²) in [4.78, 5) is 17.7. The third-order valence-corrected chi connectivity index (χ3v) is 4.29. The third-order valence-electron chi connectivity index (χ3n) is 4.29. The van der Waals surface area contributed by atoms with Crippen molar-refractivity contribution in [2.45, 2.75) is 31.9 Å². The normalized spacial score (nSPS) is 19.6. The maximum absolute atomic E-state index is 12.2. The number of nitrogens with zero attached hydrogens (tertiary/aromatic N) is 2. The lowest BCUT2D eigenvalue weighted by molar-refractivity contribution is 0.00400. The maximum Gasteiger partial charge on any atom is 0.410 e. The zero-order valence-corrected chi connectivity index (χ0v) is 14.0. The lowest BCUT2D eigenvalue weighted by Crippen LogP contribution is -2.43. The van der Waals surface area contributed by atoms with E-state index in [9.17, 15) is 4.79 Å². The molecule has 5 nitrogen and oxygen atoms in total. The van der Waals surface area contributed by atoms with Crippen molar-refractivity contribution in [1.29, 1.82) is 0 Å². The molecule has 1 fully saturated rings. The van der Waals surface area contributed by atoms with Crippen molar-refractivity contribution < 1.29 is 14.6 Å². The minimum atomic E-state index is -0.321. The van der Waals surface area contributed by atoms with Gasteiger partial charge in [-0.25, -0.2) is 4.79 Å². The van der Waals surface area contributed by atoms with Crippen LogP contribution in [0.3, 0.4) is 0 Å². The number of carbonyl (C=O) groups is 1. The minimum Gasteiger partial charge on any atom is -0.446 e. The van der Waals surface area contributed by atoms with Gasteiger partial charge in [-0.05, 0) is 30.3 Å². The fourth-order valence-corrected chi connectivity index (χ4v) is 2.82. The molecule has 0 aromatic heterocycles. The second-order valence-corrected chi connectivity index (χ2v) is 5.77. The number of aliphatic hydroxyl groups excluding tert-OH is 1. The van der Waals surface area contributed by atoms with Gasteiger partial charge < -0.3 is 14.7 Å². The first-order valence-electron chi connectivity index (χ1n) is 8.07. The van der Waals surface area contributed by atoms with Gasteiger partial charge in [-0.15, -0.1) is 0 Å². The number of amides is 1. The summed E-state index contributed by atoms with van der Waals surface area (Å²) < 4.78 is 5.38. The van der Waals surface area contributed by atoms with Crippen molar-refractivity contribution in [1.82, 2.24) is 4.90 Å². The Morgan fingerprint density at radius 2 is 2.21 bits per heavy atom. The molecule has 128 valence electrons. The second kappa shape index (κ2) is 8.45. The lowest BCUT2D eigenvalue weighted by atomic mass is 10.0. The van der Waals surface area contributed by atoms with Crippen LogP contribution in [0.1, 0.15) is 36.9 Å². The molecule has 2 unspecified atom stereocenters. The zero-order chi connectivity index (χ0) is 17.5. The predicted octanol–water partition coefficient (Wildman–Crippen LogP) is 3.57. The maximum atomic E-state index is 12.2. The van der Waals surface area contributed by atoms with E-state index in [-0.39, 0.29) is 24.8 Å². The van der Waals surface area contributed by atoms with E-state index in [2.05, 4.69) is 18.3 Å². The molecule has 1 heterocycles. The number of aliphatic imine (C=N–C) groups is 1. The van der Waals surface area contributed by atoms with Crippen LogP contribution in [0.15, 0.2) is 48.1 Å². The van der Waals surface area contributed by atoms with E-state index in [0.717, 1.165) is 23.1 Å². The number of cyclic esters (lactones) is 1. The second-order valence-electron chi connectivity index (χ2n) is 5.77. The molecule has 1 aliphatic rings. The summed E-state index contributed by atoms with van der Waals surface area (Å²) in [6.07, 6.45) is 4.13. The molecule has 0 spiro atoms. The van der Waals surface area contributed by atoms with Crippen LogP contribution in [0.25, 0.3) is 5.57 Å². The number of benzene rings is 1. The Kier molecular flexibility index (Phi) is 6.32. The van der Waals surface area contributed by atoms with Crippen LogP contribution in [0.4, 0.5) is 4.79 Å². The number of ether oxygens (including phenoxy) is 1. The number of aliphatic hydroxyl groups is 1.